The second-order valence-electron chi connectivity index (χ2n) is 8.22. The second-order valence-corrected chi connectivity index (χ2v) is 9.06. The topological polar surface area (TPSA) is 62.7 Å². The third kappa shape index (κ3) is 4.55. The lowest BCUT2D eigenvalue weighted by Gasteiger charge is -2.10. The van der Waals surface area contributed by atoms with Crippen molar-refractivity contribution in [2.75, 3.05) is 0 Å². The van der Waals surface area contributed by atoms with Crippen LogP contribution in [-0.2, 0) is 0 Å². The largest absolute Gasteiger partial charge is 0.464 e. The van der Waals surface area contributed by atoms with E-state index >= 15 is 0 Å². The molecule has 0 aliphatic heterocycles. The van der Waals surface area contributed by atoms with Gasteiger partial charge in [-0.25, -0.2) is 0 Å². The van der Waals surface area contributed by atoms with Gasteiger partial charge in [0.05, 0.1) is 6.26 Å². The number of thiocarbonyl (C=S) groups is 1. The van der Waals surface area contributed by atoms with E-state index in [0.29, 0.717) is 21.3 Å². The Kier molecular flexibility index (Phi) is 6.09. The number of benzene rings is 3. The lowest BCUT2D eigenvalue weighted by Crippen LogP contribution is -2.37. The van der Waals surface area contributed by atoms with Gasteiger partial charge < -0.3 is 14.2 Å². The molecule has 0 radical (unpaired) electrons. The number of hydrogen-bond acceptors (Lipinski definition) is 4. The Morgan fingerprint density at radius 2 is 1.59 bits per heavy atom. The fourth-order valence-electron chi connectivity index (χ4n) is 3.86. The first-order chi connectivity index (χ1) is 16.5. The summed E-state index contributed by atoms with van der Waals surface area (Å²) < 4.78 is 12.0. The van der Waals surface area contributed by atoms with Crippen molar-refractivity contribution in [3.8, 4) is 22.3 Å². The Bertz CT molecular complexity index is 1550. The molecule has 0 aliphatic rings. The van der Waals surface area contributed by atoms with Gasteiger partial charge in [0, 0.05) is 39.5 Å². The van der Waals surface area contributed by atoms with E-state index in [9.17, 15) is 0 Å². The number of nitrogens with zero attached hydrogens (tertiary/aromatic N) is 1. The van der Waals surface area contributed by atoms with Crippen molar-refractivity contribution in [3.63, 3.8) is 0 Å². The van der Waals surface area contributed by atoms with Crippen molar-refractivity contribution in [1.29, 1.82) is 0 Å². The van der Waals surface area contributed by atoms with Gasteiger partial charge in [-0.05, 0) is 61.0 Å². The molecule has 170 valence electrons. The van der Waals surface area contributed by atoms with Gasteiger partial charge in [-0.2, -0.15) is 0 Å². The Morgan fingerprint density at radius 3 is 2.32 bits per heavy atom. The summed E-state index contributed by atoms with van der Waals surface area (Å²) in [5, 5.41) is 10.6. The molecule has 2 N–H and O–H groups in total. The highest BCUT2D eigenvalue weighted by Crippen LogP contribution is 2.36. The van der Waals surface area contributed by atoms with Crippen LogP contribution in [0.3, 0.4) is 0 Å². The first kappa shape index (κ1) is 22.2. The van der Waals surface area contributed by atoms with Gasteiger partial charge in [0.2, 0.25) is 5.55 Å². The summed E-state index contributed by atoms with van der Waals surface area (Å²) in [4.78, 5) is 0. The quantitative estimate of drug-likeness (QED) is 0.214. The molecule has 7 heteroatoms. The highest BCUT2D eigenvalue weighted by atomic mass is 35.5. The molecule has 0 spiro atoms. The third-order valence-electron chi connectivity index (χ3n) is 5.38. The van der Waals surface area contributed by atoms with Crippen LogP contribution in [0.15, 0.2) is 93.0 Å². The van der Waals surface area contributed by atoms with Crippen molar-refractivity contribution in [2.24, 2.45) is 5.10 Å². The summed E-state index contributed by atoms with van der Waals surface area (Å²) in [6.45, 7) is 4.02. The maximum Gasteiger partial charge on any atom is 0.237 e. The lowest BCUT2D eigenvalue weighted by atomic mass is 9.98. The zero-order chi connectivity index (χ0) is 23.7. The van der Waals surface area contributed by atoms with Gasteiger partial charge >= 0.3 is 0 Å². The summed E-state index contributed by atoms with van der Waals surface area (Å²) in [5.41, 5.74) is 8.72. The fraction of sp³-hybridized carbons (Fsp3) is 0.111. The molecule has 0 saturated heterocycles. The highest BCUT2D eigenvalue weighted by Gasteiger charge is 2.14. The van der Waals surface area contributed by atoms with Crippen LogP contribution in [0.1, 0.15) is 13.8 Å². The van der Waals surface area contributed by atoms with Crippen molar-refractivity contribution in [3.05, 3.63) is 89.6 Å². The lowest BCUT2D eigenvalue weighted by molar-refractivity contribution is 0.529. The minimum Gasteiger partial charge on any atom is -0.464 e. The van der Waals surface area contributed by atoms with E-state index in [-0.39, 0.29) is 6.04 Å². The zero-order valence-electron chi connectivity index (χ0n) is 18.6. The highest BCUT2D eigenvalue weighted by molar-refractivity contribution is 7.80. The van der Waals surface area contributed by atoms with Crippen molar-refractivity contribution >= 4 is 50.9 Å². The molecule has 0 unspecified atom stereocenters. The average molecular weight is 488 g/mol. The van der Waals surface area contributed by atoms with Gasteiger partial charge in [-0.15, -0.1) is 5.10 Å². The second kappa shape index (κ2) is 9.33. The number of fused-ring (bicyclic) bond motifs is 2. The summed E-state index contributed by atoms with van der Waals surface area (Å²) in [6.07, 6.45) is 1.76. The predicted octanol–water partition coefficient (Wildman–Crippen LogP) is 6.85. The molecule has 3 aromatic carbocycles. The van der Waals surface area contributed by atoms with Crippen LogP contribution in [0, 0.1) is 0 Å². The number of nitrogens with one attached hydrogen (secondary N) is 2. The minimum absolute atomic E-state index is 0.200. The molecular formula is C27H22ClN3O2S. The van der Waals surface area contributed by atoms with Gasteiger partial charge in [0.15, 0.2) is 5.11 Å². The average Bonchev–Trinajstić information content (AvgIpc) is 3.24. The van der Waals surface area contributed by atoms with E-state index in [1.54, 1.807) is 6.26 Å². The monoisotopic (exact) mass is 487 g/mol. The van der Waals surface area contributed by atoms with Crippen molar-refractivity contribution in [2.45, 2.75) is 19.9 Å². The summed E-state index contributed by atoms with van der Waals surface area (Å²) >= 11 is 11.4. The number of furan rings is 1. The first-order valence-corrected chi connectivity index (χ1v) is 11.7. The summed E-state index contributed by atoms with van der Waals surface area (Å²) in [6, 6.07) is 24.0. The van der Waals surface area contributed by atoms with Crippen LogP contribution >= 0.6 is 23.8 Å². The van der Waals surface area contributed by atoms with Gasteiger partial charge in [-0.1, -0.05) is 54.1 Å². The maximum atomic E-state index is 6.12. The molecule has 5 rings (SSSR count). The zero-order valence-corrected chi connectivity index (χ0v) is 20.2. The fourth-order valence-corrected chi connectivity index (χ4v) is 4.27. The molecule has 34 heavy (non-hydrogen) atoms. The Morgan fingerprint density at radius 1 is 0.882 bits per heavy atom. The minimum atomic E-state index is 0.200. The molecule has 5 aromatic rings. The van der Waals surface area contributed by atoms with Crippen LogP contribution in [-0.4, -0.2) is 11.2 Å². The number of hydrogen-bond donors (Lipinski definition) is 2. The maximum absolute atomic E-state index is 6.12. The van der Waals surface area contributed by atoms with Crippen LogP contribution in [0.2, 0.25) is 5.02 Å². The van der Waals surface area contributed by atoms with E-state index in [0.717, 1.165) is 38.6 Å². The van der Waals surface area contributed by atoms with Crippen LogP contribution in [0.4, 0.5) is 0 Å². The molecule has 0 amide bonds. The predicted molar refractivity (Wildman–Crippen MR) is 141 cm³/mol. The van der Waals surface area contributed by atoms with Gasteiger partial charge in [0.1, 0.15) is 11.2 Å². The van der Waals surface area contributed by atoms with Crippen LogP contribution < -0.4 is 16.3 Å². The molecule has 0 atom stereocenters. The molecule has 2 aromatic heterocycles. The first-order valence-electron chi connectivity index (χ1n) is 10.9. The standard InChI is InChI=1S/C27H22ClN3O2S/c1-16(2)29-27(34)31-30-26-13-20(17-6-4-3-5-7-17)21-12-22-23(18-8-10-19(28)11-9-18)15-32-24(22)14-25(21)33-26/h3-16H,1-2H3,(H2,29,31,34). The van der Waals surface area contributed by atoms with E-state index < -0.39 is 0 Å². The molecule has 5 nitrogen and oxygen atoms in total. The van der Waals surface area contributed by atoms with Crippen LogP contribution in [0.5, 0.6) is 0 Å². The molecule has 0 fully saturated rings. The molecular weight excluding hydrogens is 466 g/mol. The molecule has 2 heterocycles. The van der Waals surface area contributed by atoms with Gasteiger partial charge in [0.25, 0.3) is 0 Å². The Hall–Kier alpha value is -3.61. The Balaban J connectivity index is 1.69. The van der Waals surface area contributed by atoms with Gasteiger partial charge in [-0.3, -0.25) is 5.43 Å². The molecule has 0 aliphatic carbocycles. The third-order valence-corrected chi connectivity index (χ3v) is 5.84. The van der Waals surface area contributed by atoms with E-state index in [4.69, 9.17) is 32.7 Å². The van der Waals surface area contributed by atoms with E-state index in [1.807, 2.05) is 68.4 Å². The number of halogens is 1. The van der Waals surface area contributed by atoms with Crippen molar-refractivity contribution < 1.29 is 8.83 Å². The number of rotatable bonds is 4. The SMILES string of the molecule is CC(C)NC(=S)NN=c1cc(-c2ccccc2)c2cc3c(-c4ccc(Cl)cc4)coc3cc2o1. The van der Waals surface area contributed by atoms with Crippen molar-refractivity contribution in [1.82, 2.24) is 10.7 Å². The van der Waals surface area contributed by atoms with E-state index in [2.05, 4.69) is 34.0 Å². The van der Waals surface area contributed by atoms with E-state index in [1.165, 1.54) is 0 Å². The normalized spacial score (nSPS) is 11.9. The molecule has 0 bridgehead atoms. The summed E-state index contributed by atoms with van der Waals surface area (Å²) in [7, 11) is 0. The van der Waals surface area contributed by atoms with Crippen LogP contribution in [0.25, 0.3) is 44.2 Å². The Labute approximate surface area is 207 Å². The smallest absolute Gasteiger partial charge is 0.237 e. The molecule has 0 saturated carbocycles. The summed E-state index contributed by atoms with van der Waals surface area (Å²) in [5.74, 6) is 0.